The van der Waals surface area contributed by atoms with Crippen molar-refractivity contribution < 1.29 is 72.1 Å². The number of hydrogen-bond donors (Lipinski definition) is 4. The standard InChI is InChI=1S/C3H6N2.K.H3O4P.H/c1-2-5-3-4-1;;1-5(2,3)4;/h3H,1-2H2,(H,4,5);;(H3,1,2,3,4);/q;+1;;-1. The molecule has 0 saturated heterocycles. The minimum atomic E-state index is -4.64. The second kappa shape index (κ2) is 7.84. The van der Waals surface area contributed by atoms with Crippen molar-refractivity contribution in [2.75, 3.05) is 13.1 Å². The van der Waals surface area contributed by atoms with Crippen LogP contribution in [0.2, 0.25) is 0 Å². The largest absolute Gasteiger partial charge is 1.00 e. The quantitative estimate of drug-likeness (QED) is 0.239. The van der Waals surface area contributed by atoms with Gasteiger partial charge in [0, 0.05) is 6.54 Å². The van der Waals surface area contributed by atoms with E-state index in [1.807, 2.05) is 0 Å². The van der Waals surface area contributed by atoms with Gasteiger partial charge in [0.2, 0.25) is 0 Å². The Labute approximate surface area is 108 Å². The second-order valence-electron chi connectivity index (χ2n) is 1.50. The third-order valence-corrected chi connectivity index (χ3v) is 0.568. The maximum Gasteiger partial charge on any atom is 1.00 e. The normalized spacial score (nSPS) is 14.1. The fraction of sp³-hybridized carbons (Fsp3) is 0.667. The van der Waals surface area contributed by atoms with Crippen LogP contribution in [0.15, 0.2) is 4.99 Å². The van der Waals surface area contributed by atoms with Gasteiger partial charge in [-0.1, -0.05) is 0 Å². The molecule has 0 amide bonds. The van der Waals surface area contributed by atoms with Gasteiger partial charge in [-0.15, -0.1) is 0 Å². The summed E-state index contributed by atoms with van der Waals surface area (Å²) in [5.74, 6) is 0. The van der Waals surface area contributed by atoms with Gasteiger partial charge in [-0.25, -0.2) is 4.57 Å². The molecule has 0 unspecified atom stereocenters. The van der Waals surface area contributed by atoms with Crippen LogP contribution >= 0.6 is 7.82 Å². The summed E-state index contributed by atoms with van der Waals surface area (Å²) in [5, 5.41) is 2.93. The van der Waals surface area contributed by atoms with Gasteiger partial charge < -0.3 is 21.4 Å². The first kappa shape index (κ1) is 14.7. The third-order valence-electron chi connectivity index (χ3n) is 0.568. The van der Waals surface area contributed by atoms with Crippen LogP contribution in [0, 0.1) is 0 Å². The van der Waals surface area contributed by atoms with Crippen molar-refractivity contribution in [2.24, 2.45) is 4.99 Å². The van der Waals surface area contributed by atoms with E-state index < -0.39 is 7.82 Å². The van der Waals surface area contributed by atoms with E-state index in [1.165, 1.54) is 0 Å². The van der Waals surface area contributed by atoms with Crippen LogP contribution in [0.25, 0.3) is 0 Å². The monoisotopic (exact) mass is 208 g/mol. The van der Waals surface area contributed by atoms with Gasteiger partial charge in [0.05, 0.1) is 12.9 Å². The minimum Gasteiger partial charge on any atom is -1.00 e. The molecule has 0 aliphatic carbocycles. The first-order valence-electron chi connectivity index (χ1n) is 2.50. The molecule has 4 N–H and O–H groups in total. The number of rotatable bonds is 0. The van der Waals surface area contributed by atoms with Crippen LogP contribution in [0.4, 0.5) is 0 Å². The molecule has 62 valence electrons. The zero-order chi connectivity index (χ0) is 8.04. The molecule has 0 saturated carbocycles. The molecule has 0 spiro atoms. The van der Waals surface area contributed by atoms with E-state index >= 15 is 0 Å². The van der Waals surface area contributed by atoms with Gasteiger partial charge in [0.25, 0.3) is 0 Å². The Balaban J connectivity index is -0.000000116. The number of phosphoric acid groups is 1. The topological polar surface area (TPSA) is 102 Å². The summed E-state index contributed by atoms with van der Waals surface area (Å²) in [5.41, 5.74) is 0. The summed E-state index contributed by atoms with van der Waals surface area (Å²) < 4.78 is 8.88. The van der Waals surface area contributed by atoms with Crippen LogP contribution < -0.4 is 56.7 Å². The van der Waals surface area contributed by atoms with Crippen LogP contribution in [-0.2, 0) is 4.57 Å². The van der Waals surface area contributed by atoms with E-state index in [1.54, 1.807) is 6.34 Å². The summed E-state index contributed by atoms with van der Waals surface area (Å²) in [4.78, 5) is 25.4. The van der Waals surface area contributed by atoms with Gasteiger partial charge >= 0.3 is 59.2 Å². The number of aliphatic imine (C=N–C) groups is 1. The van der Waals surface area contributed by atoms with Crippen molar-refractivity contribution in [3.05, 3.63) is 0 Å². The molecule has 11 heavy (non-hydrogen) atoms. The van der Waals surface area contributed by atoms with Crippen LogP contribution in [0.1, 0.15) is 1.43 Å². The predicted octanol–water partition coefficient (Wildman–Crippen LogP) is -4.19. The zero-order valence-electron chi connectivity index (χ0n) is 7.14. The Morgan fingerprint density at radius 3 is 2.09 bits per heavy atom. The summed E-state index contributed by atoms with van der Waals surface area (Å²) in [6.07, 6.45) is 1.74. The average molecular weight is 208 g/mol. The molecule has 0 radical (unpaired) electrons. The summed E-state index contributed by atoms with van der Waals surface area (Å²) >= 11 is 0. The summed E-state index contributed by atoms with van der Waals surface area (Å²) in [6, 6.07) is 0. The van der Waals surface area contributed by atoms with Gasteiger partial charge in [-0.3, -0.25) is 4.99 Å². The molecule has 8 heteroatoms. The molecule has 0 aromatic rings. The smallest absolute Gasteiger partial charge is 1.00 e. The molecule has 0 atom stereocenters. The fourth-order valence-electron chi connectivity index (χ4n) is 0.323. The molecule has 1 aliphatic heterocycles. The Kier molecular flexibility index (Phi) is 10.5. The summed E-state index contributed by atoms with van der Waals surface area (Å²) in [7, 11) is -4.64. The van der Waals surface area contributed by atoms with Gasteiger partial charge in [-0.05, 0) is 0 Å². The number of nitrogens with zero attached hydrogens (tertiary/aromatic N) is 1. The molecule has 1 rings (SSSR count). The van der Waals surface area contributed by atoms with E-state index in [2.05, 4.69) is 10.3 Å². The van der Waals surface area contributed by atoms with Crippen LogP contribution in [0.3, 0.4) is 0 Å². The molecule has 1 aliphatic rings. The zero-order valence-corrected chi connectivity index (χ0v) is 10.2. The molecule has 0 aromatic carbocycles. The van der Waals surface area contributed by atoms with E-state index in [0.29, 0.717) is 0 Å². The Morgan fingerprint density at radius 1 is 1.55 bits per heavy atom. The second-order valence-corrected chi connectivity index (χ2v) is 2.53. The van der Waals surface area contributed by atoms with Crippen LogP contribution in [-0.4, -0.2) is 34.1 Å². The molecular weight excluding hydrogens is 198 g/mol. The van der Waals surface area contributed by atoms with E-state index in [9.17, 15) is 0 Å². The van der Waals surface area contributed by atoms with Crippen molar-refractivity contribution in [3.8, 4) is 0 Å². The van der Waals surface area contributed by atoms with Crippen LogP contribution in [0.5, 0.6) is 0 Å². The first-order chi connectivity index (χ1) is 4.50. The van der Waals surface area contributed by atoms with Gasteiger partial charge in [0.15, 0.2) is 0 Å². The van der Waals surface area contributed by atoms with Gasteiger partial charge in [-0.2, -0.15) is 0 Å². The molecule has 6 nitrogen and oxygen atoms in total. The van der Waals surface area contributed by atoms with Crippen molar-refractivity contribution in [2.45, 2.75) is 0 Å². The Morgan fingerprint density at radius 2 is 2.00 bits per heavy atom. The first-order valence-corrected chi connectivity index (χ1v) is 4.06. The molecule has 1 heterocycles. The minimum absolute atomic E-state index is 0. The average Bonchev–Trinajstić information content (AvgIpc) is 2.07. The predicted molar refractivity (Wildman–Crippen MR) is 36.7 cm³/mol. The molecule has 0 aromatic heterocycles. The Bertz CT molecular complexity index is 148. The molecule has 0 bridgehead atoms. The number of nitrogens with one attached hydrogen (secondary N) is 1. The maximum atomic E-state index is 8.88. The van der Waals surface area contributed by atoms with E-state index in [4.69, 9.17) is 19.2 Å². The van der Waals surface area contributed by atoms with Crippen molar-refractivity contribution in [3.63, 3.8) is 0 Å². The van der Waals surface area contributed by atoms with Crippen molar-refractivity contribution in [1.82, 2.24) is 5.32 Å². The number of hydrogen-bond acceptors (Lipinski definition) is 3. The Hall–Kier alpha value is 1.22. The van der Waals surface area contributed by atoms with E-state index in [-0.39, 0.29) is 52.8 Å². The third kappa shape index (κ3) is 24.7. The SMILES string of the molecule is C1=NCCN1.O=P(O)(O)O.[H-].[K+]. The molecule has 0 fully saturated rings. The van der Waals surface area contributed by atoms with Gasteiger partial charge in [0.1, 0.15) is 0 Å². The molecular formula is C3H10KN2O4P. The fourth-order valence-corrected chi connectivity index (χ4v) is 0.323. The maximum absolute atomic E-state index is 8.88. The van der Waals surface area contributed by atoms with Crippen molar-refractivity contribution >= 4 is 14.2 Å². The summed E-state index contributed by atoms with van der Waals surface area (Å²) in [6.45, 7) is 1.99. The van der Waals surface area contributed by atoms with Crippen molar-refractivity contribution in [1.29, 1.82) is 0 Å². The van der Waals surface area contributed by atoms with E-state index in [0.717, 1.165) is 13.1 Å².